The third-order valence-electron chi connectivity index (χ3n) is 7.12. The molecule has 0 radical (unpaired) electrons. The fraction of sp³-hybridized carbons (Fsp3) is 0.600. The number of hydrogen-bond donors (Lipinski definition) is 2. The molecule has 2 N–H and O–H groups in total. The number of carbonyl (C=O) groups excluding carboxylic acids is 1. The Balaban J connectivity index is 1.57. The van der Waals surface area contributed by atoms with Gasteiger partial charge in [-0.05, 0) is 58.4 Å². The Labute approximate surface area is 202 Å². The Hall–Kier alpha value is -2.94. The van der Waals surface area contributed by atoms with Gasteiger partial charge in [0, 0.05) is 44.3 Å². The molecule has 0 unspecified atom stereocenters. The zero-order valence-corrected chi connectivity index (χ0v) is 20.4. The molecular weight excluding hydrogens is 430 g/mol. The van der Waals surface area contributed by atoms with Gasteiger partial charge in [-0.2, -0.15) is 4.98 Å². The number of nitrogens with one attached hydrogen (secondary N) is 1. The molecule has 184 valence electrons. The number of hydrogen-bond acceptors (Lipinski definition) is 8. The quantitative estimate of drug-likeness (QED) is 0.469. The molecule has 34 heavy (non-hydrogen) atoms. The largest absolute Gasteiger partial charge is 0.393 e. The van der Waals surface area contributed by atoms with Crippen LogP contribution in [0.5, 0.6) is 0 Å². The second kappa shape index (κ2) is 11.0. The summed E-state index contributed by atoms with van der Waals surface area (Å²) in [5.74, 6) is 1.94. The topological polar surface area (TPSA) is 97.2 Å². The van der Waals surface area contributed by atoms with Gasteiger partial charge in [-0.15, -0.1) is 0 Å². The first-order valence-corrected chi connectivity index (χ1v) is 12.5. The lowest BCUT2D eigenvalue weighted by molar-refractivity contribution is -0.118. The van der Waals surface area contributed by atoms with Crippen molar-refractivity contribution in [3.8, 4) is 0 Å². The Morgan fingerprint density at radius 3 is 2.65 bits per heavy atom. The number of aromatic nitrogens is 2. The van der Waals surface area contributed by atoms with Gasteiger partial charge in [0.15, 0.2) is 5.82 Å². The highest BCUT2D eigenvalue weighted by atomic mass is 16.3. The van der Waals surface area contributed by atoms with E-state index in [4.69, 9.17) is 4.98 Å². The van der Waals surface area contributed by atoms with Crippen LogP contribution in [0.25, 0.3) is 0 Å². The highest BCUT2D eigenvalue weighted by Crippen LogP contribution is 2.36. The fourth-order valence-corrected chi connectivity index (χ4v) is 5.11. The number of amides is 1. The van der Waals surface area contributed by atoms with Gasteiger partial charge >= 0.3 is 0 Å². The smallest absolute Gasteiger partial charge is 0.230 e. The third-order valence-corrected chi connectivity index (χ3v) is 7.12. The van der Waals surface area contributed by atoms with E-state index < -0.39 is 0 Å². The number of nitrogens with zero attached hydrogens (tertiary/aromatic N) is 6. The Morgan fingerprint density at radius 1 is 1.24 bits per heavy atom. The molecule has 3 heterocycles. The molecule has 1 saturated heterocycles. The molecule has 1 aliphatic carbocycles. The Bertz CT molecular complexity index is 947. The highest BCUT2D eigenvalue weighted by molar-refractivity contribution is 5.97. The lowest BCUT2D eigenvalue weighted by Crippen LogP contribution is -2.34. The number of allylic oxidation sites excluding steroid dienone is 3. The number of anilines is 3. The molecule has 2 aliphatic heterocycles. The molecule has 4 rings (SSSR count). The van der Waals surface area contributed by atoms with Crippen molar-refractivity contribution in [3.05, 3.63) is 29.9 Å². The third kappa shape index (κ3) is 5.41. The summed E-state index contributed by atoms with van der Waals surface area (Å²) in [6.07, 6.45) is 12.2. The molecule has 2 fully saturated rings. The monoisotopic (exact) mass is 467 g/mol. The number of aliphatic imine (C=N–C) groups is 1. The van der Waals surface area contributed by atoms with Crippen LogP contribution in [0.2, 0.25) is 0 Å². The standard InChI is InChI=1S/C25H37N7O2/c1-4-31-21-17-27-25(29-24(21)32(16-13-23(31)34)19-7-5-6-8-19)28-22(26-3)10-9-18(2)30-14-11-20(33)12-15-30/h9-10,17,19-20,33H,3-8,11-16H2,1-2H3,(H,27,28,29)/b18-9+,22-10+. The second-order valence-corrected chi connectivity index (χ2v) is 9.28. The first-order valence-electron chi connectivity index (χ1n) is 12.5. The van der Waals surface area contributed by atoms with Gasteiger partial charge < -0.3 is 25.1 Å². The fourth-order valence-electron chi connectivity index (χ4n) is 5.11. The summed E-state index contributed by atoms with van der Waals surface area (Å²) in [5.41, 5.74) is 1.89. The van der Waals surface area contributed by atoms with Crippen molar-refractivity contribution in [2.45, 2.75) is 70.9 Å². The SMILES string of the molecule is C=N/C(=C\C=C(/C)N1CCC(O)CC1)Nc1ncc2c(n1)N(C1CCCC1)CCC(=O)N2CC. The lowest BCUT2D eigenvalue weighted by atomic mass is 10.1. The van der Waals surface area contributed by atoms with Gasteiger partial charge in [0.25, 0.3) is 0 Å². The minimum Gasteiger partial charge on any atom is -0.393 e. The Kier molecular flexibility index (Phi) is 7.82. The summed E-state index contributed by atoms with van der Waals surface area (Å²) in [6, 6.07) is 0.410. The minimum absolute atomic E-state index is 0.118. The van der Waals surface area contributed by atoms with Crippen LogP contribution in [0, 0.1) is 0 Å². The molecule has 9 heteroatoms. The second-order valence-electron chi connectivity index (χ2n) is 9.28. The molecule has 0 spiro atoms. The van der Waals surface area contributed by atoms with Crippen LogP contribution in [0.1, 0.15) is 58.8 Å². The number of fused-ring (bicyclic) bond motifs is 1. The molecular formula is C25H37N7O2. The maximum absolute atomic E-state index is 12.7. The molecule has 9 nitrogen and oxygen atoms in total. The number of carbonyl (C=O) groups is 1. The van der Waals surface area contributed by atoms with E-state index in [0.29, 0.717) is 37.3 Å². The number of piperidine rings is 1. The van der Waals surface area contributed by atoms with E-state index in [2.05, 4.69) is 38.7 Å². The van der Waals surface area contributed by atoms with Crippen LogP contribution in [0.4, 0.5) is 17.5 Å². The number of aliphatic hydroxyl groups excluding tert-OH is 1. The zero-order valence-electron chi connectivity index (χ0n) is 20.4. The van der Waals surface area contributed by atoms with E-state index in [-0.39, 0.29) is 12.0 Å². The summed E-state index contributed by atoms with van der Waals surface area (Å²) < 4.78 is 0. The van der Waals surface area contributed by atoms with Crippen molar-refractivity contribution in [2.75, 3.05) is 41.3 Å². The first kappa shape index (κ1) is 24.2. The maximum atomic E-state index is 12.7. The van der Waals surface area contributed by atoms with Crippen LogP contribution in [0.3, 0.4) is 0 Å². The van der Waals surface area contributed by atoms with E-state index in [1.54, 1.807) is 11.1 Å². The van der Waals surface area contributed by atoms with Crippen LogP contribution in [0.15, 0.2) is 34.9 Å². The van der Waals surface area contributed by atoms with Crippen LogP contribution in [-0.4, -0.2) is 70.9 Å². The minimum atomic E-state index is -0.195. The molecule has 0 atom stereocenters. The molecule has 0 aromatic carbocycles. The molecule has 1 amide bonds. The van der Waals surface area contributed by atoms with Gasteiger partial charge in [0.2, 0.25) is 11.9 Å². The normalized spacial score (nSPS) is 21.0. The summed E-state index contributed by atoms with van der Waals surface area (Å²) in [6.45, 7) is 10.7. The van der Waals surface area contributed by atoms with Gasteiger partial charge in [0.05, 0.1) is 12.3 Å². The van der Waals surface area contributed by atoms with Crippen molar-refractivity contribution in [3.63, 3.8) is 0 Å². The summed E-state index contributed by atoms with van der Waals surface area (Å²) >= 11 is 0. The zero-order chi connectivity index (χ0) is 24.1. The highest BCUT2D eigenvalue weighted by Gasteiger charge is 2.32. The van der Waals surface area contributed by atoms with Crippen molar-refractivity contribution in [1.29, 1.82) is 0 Å². The number of aliphatic hydroxyl groups is 1. The van der Waals surface area contributed by atoms with Crippen molar-refractivity contribution in [1.82, 2.24) is 14.9 Å². The molecule has 1 saturated carbocycles. The molecule has 0 bridgehead atoms. The van der Waals surface area contributed by atoms with Gasteiger partial charge in [-0.1, -0.05) is 12.8 Å². The maximum Gasteiger partial charge on any atom is 0.230 e. The van der Waals surface area contributed by atoms with Crippen molar-refractivity contribution in [2.24, 2.45) is 4.99 Å². The Morgan fingerprint density at radius 2 is 1.97 bits per heavy atom. The van der Waals surface area contributed by atoms with E-state index in [9.17, 15) is 9.90 Å². The van der Waals surface area contributed by atoms with Crippen molar-refractivity contribution < 1.29 is 9.90 Å². The van der Waals surface area contributed by atoms with E-state index in [1.807, 2.05) is 19.1 Å². The van der Waals surface area contributed by atoms with Crippen LogP contribution < -0.4 is 15.1 Å². The van der Waals surface area contributed by atoms with E-state index in [0.717, 1.165) is 56.0 Å². The van der Waals surface area contributed by atoms with Crippen molar-refractivity contribution >= 4 is 30.1 Å². The first-order chi connectivity index (χ1) is 16.5. The van der Waals surface area contributed by atoms with E-state index in [1.165, 1.54) is 12.8 Å². The lowest BCUT2D eigenvalue weighted by Gasteiger charge is -2.31. The predicted molar refractivity (Wildman–Crippen MR) is 136 cm³/mol. The molecule has 3 aliphatic rings. The number of likely N-dealkylation sites (tertiary alicyclic amines) is 1. The summed E-state index contributed by atoms with van der Waals surface area (Å²) in [5, 5.41) is 12.9. The van der Waals surface area contributed by atoms with Gasteiger partial charge in [-0.3, -0.25) is 4.79 Å². The van der Waals surface area contributed by atoms with Gasteiger partial charge in [-0.25, -0.2) is 9.98 Å². The average Bonchev–Trinajstić information content (AvgIpc) is 3.33. The van der Waals surface area contributed by atoms with Crippen LogP contribution in [-0.2, 0) is 4.79 Å². The molecule has 1 aromatic rings. The number of rotatable bonds is 7. The predicted octanol–water partition coefficient (Wildman–Crippen LogP) is 3.30. The van der Waals surface area contributed by atoms with Gasteiger partial charge in [0.1, 0.15) is 11.5 Å². The summed E-state index contributed by atoms with van der Waals surface area (Å²) in [4.78, 5) is 32.6. The van der Waals surface area contributed by atoms with E-state index >= 15 is 0 Å². The average molecular weight is 468 g/mol. The summed E-state index contributed by atoms with van der Waals surface area (Å²) in [7, 11) is 0. The molecule has 1 aromatic heterocycles. The van der Waals surface area contributed by atoms with Crippen LogP contribution >= 0.6 is 0 Å².